The summed E-state index contributed by atoms with van der Waals surface area (Å²) >= 11 is 6.74. The normalized spacial score (nSPS) is 14.1. The lowest BCUT2D eigenvalue weighted by Crippen LogP contribution is -2.56. The Morgan fingerprint density at radius 2 is 1.41 bits per heavy atom. The van der Waals surface area contributed by atoms with Gasteiger partial charge in [0.15, 0.2) is 10.2 Å². The topological polar surface area (TPSA) is 92.7 Å². The maximum atomic E-state index is 13.5. The van der Waals surface area contributed by atoms with Crippen LogP contribution in [0.15, 0.2) is 97.5 Å². The quantitative estimate of drug-likeness (QED) is 0.223. The van der Waals surface area contributed by atoms with Crippen molar-refractivity contribution in [1.29, 1.82) is 0 Å². The number of hydrogen-bond donors (Lipinski definition) is 0. The lowest BCUT2D eigenvalue weighted by molar-refractivity contribution is -0.120. The first-order valence-corrected chi connectivity index (χ1v) is 11.4. The van der Waals surface area contributed by atoms with Crippen LogP contribution >= 0.6 is 24.0 Å². The van der Waals surface area contributed by atoms with Gasteiger partial charge in [-0.3, -0.25) is 19.4 Å². The number of amides is 2. The second-order valence-electron chi connectivity index (χ2n) is 7.14. The van der Waals surface area contributed by atoms with Crippen LogP contribution in [0, 0.1) is 6.92 Å². The van der Waals surface area contributed by atoms with Crippen LogP contribution in [-0.2, 0) is 9.59 Å². The van der Waals surface area contributed by atoms with E-state index in [0.29, 0.717) is 33.3 Å². The summed E-state index contributed by atoms with van der Waals surface area (Å²) in [5.74, 6) is -0.310. The molecule has 1 aliphatic rings. The molecule has 5 rings (SSSR count). The van der Waals surface area contributed by atoms with Crippen molar-refractivity contribution in [2.24, 2.45) is 0 Å². The summed E-state index contributed by atoms with van der Waals surface area (Å²) in [6, 6.07) is 21.3. The summed E-state index contributed by atoms with van der Waals surface area (Å²) in [4.78, 5) is 29.6. The minimum atomic E-state index is -0.536. The molecule has 2 amide bonds. The Labute approximate surface area is 203 Å². The molecular formula is C24H16N4O4S2. The van der Waals surface area contributed by atoms with E-state index in [2.05, 4.69) is 10.2 Å². The summed E-state index contributed by atoms with van der Waals surface area (Å²) in [5, 5.41) is 8.58. The third kappa shape index (κ3) is 4.16. The summed E-state index contributed by atoms with van der Waals surface area (Å²) in [6.45, 7) is 1.69. The molecule has 34 heavy (non-hydrogen) atoms. The van der Waals surface area contributed by atoms with E-state index in [4.69, 9.17) is 21.1 Å². The number of para-hydroxylation sites is 2. The smallest absolute Gasteiger partial charge is 0.284 e. The monoisotopic (exact) mass is 488 g/mol. The van der Waals surface area contributed by atoms with Crippen LogP contribution in [-0.4, -0.2) is 27.1 Å². The van der Waals surface area contributed by atoms with Crippen LogP contribution in [0.5, 0.6) is 0 Å². The molecule has 1 saturated heterocycles. The van der Waals surface area contributed by atoms with Crippen LogP contribution in [0.1, 0.15) is 11.7 Å². The van der Waals surface area contributed by atoms with Crippen molar-refractivity contribution in [3.05, 3.63) is 90.0 Å². The van der Waals surface area contributed by atoms with E-state index in [-0.39, 0.29) is 10.7 Å². The molecule has 2 aromatic heterocycles. The molecule has 0 bridgehead atoms. The van der Waals surface area contributed by atoms with Gasteiger partial charge in [-0.05, 0) is 54.7 Å². The standard InChI is InChI=1S/C24H16N4O4S2/c1-15-25-26-23(31-15)34-20-13-12-18(32-20)14-19-21(29)27(16-8-4-2-5-9-16)24(33)28(22(19)30)17-10-6-3-7-11-17/h2-14H,1H3. The first-order valence-electron chi connectivity index (χ1n) is 10.1. The van der Waals surface area contributed by atoms with Gasteiger partial charge in [-0.15, -0.1) is 10.2 Å². The van der Waals surface area contributed by atoms with Crippen LogP contribution < -0.4 is 9.80 Å². The van der Waals surface area contributed by atoms with Crippen LogP contribution in [0.25, 0.3) is 6.08 Å². The molecule has 4 aromatic rings. The largest absolute Gasteiger partial charge is 0.450 e. The molecule has 0 atom stereocenters. The highest BCUT2D eigenvalue weighted by Gasteiger charge is 2.41. The third-order valence-electron chi connectivity index (χ3n) is 4.86. The molecule has 1 aliphatic heterocycles. The van der Waals surface area contributed by atoms with Gasteiger partial charge < -0.3 is 8.83 Å². The van der Waals surface area contributed by atoms with Gasteiger partial charge in [0.05, 0.1) is 11.4 Å². The molecule has 10 heteroatoms. The Morgan fingerprint density at radius 3 is 1.94 bits per heavy atom. The van der Waals surface area contributed by atoms with Crippen molar-refractivity contribution in [3.8, 4) is 0 Å². The highest BCUT2D eigenvalue weighted by Crippen LogP contribution is 2.32. The van der Waals surface area contributed by atoms with Gasteiger partial charge in [0.2, 0.25) is 5.89 Å². The van der Waals surface area contributed by atoms with Gasteiger partial charge in [0, 0.05) is 18.7 Å². The predicted octanol–water partition coefficient (Wildman–Crippen LogP) is 4.87. The molecule has 0 unspecified atom stereocenters. The lowest BCUT2D eigenvalue weighted by Gasteiger charge is -2.36. The molecule has 0 aliphatic carbocycles. The SMILES string of the molecule is Cc1nnc(Sc2ccc(C=C3C(=O)N(c4ccccc4)C(=S)N(c4ccccc4)C3=O)o2)o1. The number of hydrogen-bond acceptors (Lipinski definition) is 8. The first-order chi connectivity index (χ1) is 16.5. The molecular weight excluding hydrogens is 472 g/mol. The van der Waals surface area contributed by atoms with E-state index < -0.39 is 11.8 Å². The van der Waals surface area contributed by atoms with Crippen LogP contribution in [0.3, 0.4) is 0 Å². The van der Waals surface area contributed by atoms with E-state index >= 15 is 0 Å². The fraction of sp³-hybridized carbons (Fsp3) is 0.0417. The van der Waals surface area contributed by atoms with Gasteiger partial charge in [-0.25, -0.2) is 0 Å². The van der Waals surface area contributed by atoms with Crippen molar-refractivity contribution in [2.75, 3.05) is 9.80 Å². The average molecular weight is 489 g/mol. The molecule has 8 nitrogen and oxygen atoms in total. The number of anilines is 2. The third-order valence-corrected chi connectivity index (χ3v) is 5.99. The number of thiocarbonyl (C=S) groups is 1. The molecule has 1 fully saturated rings. The zero-order chi connectivity index (χ0) is 23.7. The van der Waals surface area contributed by atoms with E-state index in [9.17, 15) is 9.59 Å². The number of nitrogens with zero attached hydrogens (tertiary/aromatic N) is 4. The van der Waals surface area contributed by atoms with Gasteiger partial charge in [0.25, 0.3) is 17.0 Å². The second kappa shape index (κ2) is 9.08. The number of carbonyl (C=O) groups excluding carboxylic acids is 2. The summed E-state index contributed by atoms with van der Waals surface area (Å²) < 4.78 is 11.1. The van der Waals surface area contributed by atoms with Gasteiger partial charge in [0.1, 0.15) is 11.3 Å². The van der Waals surface area contributed by atoms with Crippen molar-refractivity contribution < 1.29 is 18.4 Å². The van der Waals surface area contributed by atoms with Gasteiger partial charge in [-0.1, -0.05) is 36.4 Å². The highest BCUT2D eigenvalue weighted by molar-refractivity contribution is 7.99. The van der Waals surface area contributed by atoms with E-state index in [1.54, 1.807) is 67.6 Å². The Kier molecular flexibility index (Phi) is 5.83. The summed E-state index contributed by atoms with van der Waals surface area (Å²) in [5.41, 5.74) is 1.03. The van der Waals surface area contributed by atoms with Gasteiger partial charge >= 0.3 is 0 Å². The number of benzene rings is 2. The van der Waals surface area contributed by atoms with Crippen molar-refractivity contribution in [1.82, 2.24) is 10.2 Å². The average Bonchev–Trinajstić information content (AvgIpc) is 3.46. The summed E-state index contributed by atoms with van der Waals surface area (Å²) in [7, 11) is 0. The minimum absolute atomic E-state index is 0.0759. The predicted molar refractivity (Wildman–Crippen MR) is 130 cm³/mol. The molecule has 0 N–H and O–H groups in total. The Hall–Kier alpha value is -4.02. The van der Waals surface area contributed by atoms with E-state index in [1.807, 2.05) is 12.1 Å². The summed E-state index contributed by atoms with van der Waals surface area (Å²) in [6.07, 6.45) is 1.42. The Bertz CT molecular complexity index is 1350. The van der Waals surface area contributed by atoms with E-state index in [0.717, 1.165) is 11.8 Å². The minimum Gasteiger partial charge on any atom is -0.450 e. The highest BCUT2D eigenvalue weighted by atomic mass is 32.2. The number of carbonyl (C=O) groups is 2. The van der Waals surface area contributed by atoms with E-state index in [1.165, 1.54) is 15.9 Å². The zero-order valence-corrected chi connectivity index (χ0v) is 19.4. The maximum absolute atomic E-state index is 13.5. The number of aromatic nitrogens is 2. The zero-order valence-electron chi connectivity index (χ0n) is 17.7. The molecule has 168 valence electrons. The van der Waals surface area contributed by atoms with Crippen molar-refractivity contribution >= 4 is 58.4 Å². The Morgan fingerprint density at radius 1 is 0.824 bits per heavy atom. The number of furan rings is 1. The molecule has 2 aromatic carbocycles. The fourth-order valence-electron chi connectivity index (χ4n) is 3.35. The van der Waals surface area contributed by atoms with Crippen molar-refractivity contribution in [3.63, 3.8) is 0 Å². The fourth-order valence-corrected chi connectivity index (χ4v) is 4.42. The molecule has 0 saturated carbocycles. The van der Waals surface area contributed by atoms with Crippen LogP contribution in [0.2, 0.25) is 0 Å². The number of rotatable bonds is 5. The maximum Gasteiger partial charge on any atom is 0.284 e. The molecule has 0 radical (unpaired) electrons. The van der Waals surface area contributed by atoms with Crippen LogP contribution in [0.4, 0.5) is 11.4 Å². The number of aryl methyl sites for hydroxylation is 1. The van der Waals surface area contributed by atoms with Gasteiger partial charge in [-0.2, -0.15) is 0 Å². The molecule has 3 heterocycles. The van der Waals surface area contributed by atoms with Crippen molar-refractivity contribution in [2.45, 2.75) is 17.2 Å². The Balaban J connectivity index is 1.53. The lowest BCUT2D eigenvalue weighted by atomic mass is 10.1. The first kappa shape index (κ1) is 21.8. The second-order valence-corrected chi connectivity index (χ2v) is 8.46. The molecule has 0 spiro atoms.